The minimum atomic E-state index is 0.0114. The van der Waals surface area contributed by atoms with Gasteiger partial charge in [-0.2, -0.15) is 0 Å². The number of anilines is 1. The van der Waals surface area contributed by atoms with Gasteiger partial charge >= 0.3 is 0 Å². The van der Waals surface area contributed by atoms with Gasteiger partial charge in [-0.3, -0.25) is 4.79 Å². The molecular weight excluding hydrogens is 252 g/mol. The van der Waals surface area contributed by atoms with Gasteiger partial charge in [0.1, 0.15) is 5.75 Å². The standard InChI is InChI=1S/C13H17ClN2O2/c1-2-5-18-12-4-3-10(14)6-11(12)16-13(17)9-7-15-8-9/h3-4,6,9,15H,2,5,7-8H2,1H3,(H,16,17). The monoisotopic (exact) mass is 268 g/mol. The van der Waals surface area contributed by atoms with E-state index in [2.05, 4.69) is 10.6 Å². The number of amides is 1. The topological polar surface area (TPSA) is 50.4 Å². The average Bonchev–Trinajstić information content (AvgIpc) is 2.25. The summed E-state index contributed by atoms with van der Waals surface area (Å²) < 4.78 is 5.58. The van der Waals surface area contributed by atoms with Crippen molar-refractivity contribution in [1.29, 1.82) is 0 Å². The Bertz CT molecular complexity index is 433. The molecule has 2 rings (SSSR count). The van der Waals surface area contributed by atoms with Crippen molar-refractivity contribution >= 4 is 23.2 Å². The summed E-state index contributed by atoms with van der Waals surface area (Å²) in [7, 11) is 0. The van der Waals surface area contributed by atoms with Gasteiger partial charge in [0.25, 0.3) is 0 Å². The summed E-state index contributed by atoms with van der Waals surface area (Å²) in [6.07, 6.45) is 0.919. The average molecular weight is 269 g/mol. The van der Waals surface area contributed by atoms with Crippen LogP contribution in [0.3, 0.4) is 0 Å². The lowest BCUT2D eigenvalue weighted by atomic mass is 10.0. The number of hydrogen-bond acceptors (Lipinski definition) is 3. The smallest absolute Gasteiger partial charge is 0.230 e. The molecule has 1 aromatic rings. The Morgan fingerprint density at radius 1 is 1.56 bits per heavy atom. The summed E-state index contributed by atoms with van der Waals surface area (Å²) in [5.74, 6) is 0.724. The van der Waals surface area contributed by atoms with Gasteiger partial charge in [0.2, 0.25) is 5.91 Å². The van der Waals surface area contributed by atoms with Crippen LogP contribution in [-0.2, 0) is 4.79 Å². The number of carbonyl (C=O) groups is 1. The fourth-order valence-electron chi connectivity index (χ4n) is 1.65. The molecule has 1 aliphatic rings. The van der Waals surface area contributed by atoms with Crippen molar-refractivity contribution in [1.82, 2.24) is 5.32 Å². The molecule has 1 heterocycles. The summed E-state index contributed by atoms with van der Waals surface area (Å²) in [6.45, 7) is 4.12. The summed E-state index contributed by atoms with van der Waals surface area (Å²) in [5.41, 5.74) is 0.646. The quantitative estimate of drug-likeness (QED) is 0.861. The molecule has 0 aliphatic carbocycles. The third-order valence-corrected chi connectivity index (χ3v) is 3.05. The first-order valence-corrected chi connectivity index (χ1v) is 6.52. The van der Waals surface area contributed by atoms with E-state index >= 15 is 0 Å². The molecule has 0 radical (unpaired) electrons. The highest BCUT2D eigenvalue weighted by molar-refractivity contribution is 6.31. The zero-order valence-corrected chi connectivity index (χ0v) is 11.1. The second-order valence-corrected chi connectivity index (χ2v) is 4.77. The van der Waals surface area contributed by atoms with Crippen LogP contribution in [0.4, 0.5) is 5.69 Å². The Balaban J connectivity index is 2.08. The minimum absolute atomic E-state index is 0.0114. The first-order valence-electron chi connectivity index (χ1n) is 6.14. The first kappa shape index (κ1) is 13.2. The van der Waals surface area contributed by atoms with Crippen LogP contribution in [0.1, 0.15) is 13.3 Å². The van der Waals surface area contributed by atoms with Crippen LogP contribution < -0.4 is 15.4 Å². The summed E-state index contributed by atoms with van der Waals surface area (Å²) >= 11 is 5.94. The summed E-state index contributed by atoms with van der Waals surface area (Å²) in [6, 6.07) is 5.26. The lowest BCUT2D eigenvalue weighted by molar-refractivity contribution is -0.121. The van der Waals surface area contributed by atoms with E-state index in [9.17, 15) is 4.79 Å². The number of carbonyl (C=O) groups excluding carboxylic acids is 1. The molecule has 4 nitrogen and oxygen atoms in total. The number of hydrogen-bond donors (Lipinski definition) is 2. The maximum Gasteiger partial charge on any atom is 0.230 e. The molecule has 1 saturated heterocycles. The maximum atomic E-state index is 11.9. The van der Waals surface area contributed by atoms with Crippen LogP contribution >= 0.6 is 11.6 Å². The van der Waals surface area contributed by atoms with Crippen LogP contribution in [0.15, 0.2) is 18.2 Å². The number of halogens is 1. The zero-order chi connectivity index (χ0) is 13.0. The van der Waals surface area contributed by atoms with E-state index in [1.165, 1.54) is 0 Å². The SMILES string of the molecule is CCCOc1ccc(Cl)cc1NC(=O)C1CNC1. The van der Waals surface area contributed by atoms with E-state index in [-0.39, 0.29) is 11.8 Å². The summed E-state index contributed by atoms with van der Waals surface area (Å²) in [5, 5.41) is 6.53. The van der Waals surface area contributed by atoms with Crippen LogP contribution in [0.2, 0.25) is 5.02 Å². The molecule has 5 heteroatoms. The molecule has 1 fully saturated rings. The predicted molar refractivity (Wildman–Crippen MR) is 72.2 cm³/mol. The molecule has 2 N–H and O–H groups in total. The molecule has 1 amide bonds. The van der Waals surface area contributed by atoms with E-state index in [4.69, 9.17) is 16.3 Å². The number of ether oxygens (including phenoxy) is 1. The normalized spacial score (nSPS) is 15.0. The van der Waals surface area contributed by atoms with Crippen LogP contribution in [0.25, 0.3) is 0 Å². The van der Waals surface area contributed by atoms with Gasteiger partial charge in [-0.1, -0.05) is 18.5 Å². The Hall–Kier alpha value is -1.26. The van der Waals surface area contributed by atoms with Gasteiger partial charge in [0.05, 0.1) is 18.2 Å². The van der Waals surface area contributed by atoms with E-state index in [0.717, 1.165) is 19.5 Å². The van der Waals surface area contributed by atoms with E-state index in [1.807, 2.05) is 6.92 Å². The van der Waals surface area contributed by atoms with Crippen molar-refractivity contribution in [2.45, 2.75) is 13.3 Å². The van der Waals surface area contributed by atoms with Crippen molar-refractivity contribution in [3.8, 4) is 5.75 Å². The first-order chi connectivity index (χ1) is 8.70. The molecule has 0 atom stereocenters. The number of rotatable bonds is 5. The van der Waals surface area contributed by atoms with Gasteiger partial charge in [0, 0.05) is 18.1 Å². The Labute approximate surface area is 112 Å². The third kappa shape index (κ3) is 3.15. The molecule has 0 saturated carbocycles. The second-order valence-electron chi connectivity index (χ2n) is 4.33. The van der Waals surface area contributed by atoms with Gasteiger partial charge in [-0.15, -0.1) is 0 Å². The van der Waals surface area contributed by atoms with Gasteiger partial charge in [0.15, 0.2) is 0 Å². The largest absolute Gasteiger partial charge is 0.491 e. The van der Waals surface area contributed by atoms with Crippen molar-refractivity contribution in [3.63, 3.8) is 0 Å². The molecule has 18 heavy (non-hydrogen) atoms. The van der Waals surface area contributed by atoms with Crippen molar-refractivity contribution in [2.24, 2.45) is 5.92 Å². The Morgan fingerprint density at radius 2 is 2.33 bits per heavy atom. The molecule has 1 aliphatic heterocycles. The van der Waals surface area contributed by atoms with Crippen molar-refractivity contribution < 1.29 is 9.53 Å². The van der Waals surface area contributed by atoms with E-state index in [0.29, 0.717) is 23.1 Å². The minimum Gasteiger partial charge on any atom is -0.491 e. The molecular formula is C13H17ClN2O2. The fraction of sp³-hybridized carbons (Fsp3) is 0.462. The molecule has 0 bridgehead atoms. The zero-order valence-electron chi connectivity index (χ0n) is 10.3. The van der Waals surface area contributed by atoms with Crippen LogP contribution in [0, 0.1) is 5.92 Å². The summed E-state index contributed by atoms with van der Waals surface area (Å²) in [4.78, 5) is 11.9. The highest BCUT2D eigenvalue weighted by atomic mass is 35.5. The van der Waals surface area contributed by atoms with E-state index in [1.54, 1.807) is 18.2 Å². The van der Waals surface area contributed by atoms with Crippen LogP contribution in [-0.4, -0.2) is 25.6 Å². The fourth-order valence-corrected chi connectivity index (χ4v) is 1.82. The Morgan fingerprint density at radius 3 is 2.94 bits per heavy atom. The highest BCUT2D eigenvalue weighted by Crippen LogP contribution is 2.28. The molecule has 1 aromatic carbocycles. The Kier molecular flexibility index (Phi) is 4.44. The molecule has 0 aromatic heterocycles. The molecule has 0 spiro atoms. The second kappa shape index (κ2) is 6.07. The van der Waals surface area contributed by atoms with E-state index < -0.39 is 0 Å². The molecule has 0 unspecified atom stereocenters. The lowest BCUT2D eigenvalue weighted by Crippen LogP contribution is -2.48. The predicted octanol–water partition coefficient (Wildman–Crippen LogP) is 2.29. The maximum absolute atomic E-state index is 11.9. The van der Waals surface area contributed by atoms with Crippen LogP contribution in [0.5, 0.6) is 5.75 Å². The van der Waals surface area contributed by atoms with Gasteiger partial charge in [-0.05, 0) is 24.6 Å². The number of benzene rings is 1. The number of nitrogens with one attached hydrogen (secondary N) is 2. The molecule has 98 valence electrons. The van der Waals surface area contributed by atoms with Crippen molar-refractivity contribution in [2.75, 3.05) is 25.0 Å². The highest BCUT2D eigenvalue weighted by Gasteiger charge is 2.25. The van der Waals surface area contributed by atoms with Gasteiger partial charge in [-0.25, -0.2) is 0 Å². The third-order valence-electron chi connectivity index (χ3n) is 2.81. The van der Waals surface area contributed by atoms with Gasteiger partial charge < -0.3 is 15.4 Å². The lowest BCUT2D eigenvalue weighted by Gasteiger charge is -2.26. The van der Waals surface area contributed by atoms with Crippen molar-refractivity contribution in [3.05, 3.63) is 23.2 Å².